The Bertz CT molecular complexity index is 844. The predicted molar refractivity (Wildman–Crippen MR) is 124 cm³/mol. The van der Waals surface area contributed by atoms with Crippen molar-refractivity contribution in [1.82, 2.24) is 5.43 Å². The van der Waals surface area contributed by atoms with Gasteiger partial charge in [0.1, 0.15) is 0 Å². The number of nitrogens with one attached hydrogen (secondary N) is 1. The van der Waals surface area contributed by atoms with Crippen molar-refractivity contribution < 1.29 is 4.79 Å². The van der Waals surface area contributed by atoms with Crippen LogP contribution in [0.5, 0.6) is 0 Å². The highest BCUT2D eigenvalue weighted by Crippen LogP contribution is 2.36. The molecule has 3 nitrogen and oxygen atoms in total. The van der Waals surface area contributed by atoms with Crippen molar-refractivity contribution in [2.45, 2.75) is 57.1 Å². The third kappa shape index (κ3) is 6.61. The summed E-state index contributed by atoms with van der Waals surface area (Å²) < 4.78 is 0. The zero-order valence-electron chi connectivity index (χ0n) is 17.4. The number of carbonyl (C=O) groups excluding carboxylic acids is 1. The fraction of sp³-hybridized carbons (Fsp3) is 0.417. The van der Waals surface area contributed by atoms with E-state index in [1.807, 2.05) is 48.5 Å². The number of hydrogen-bond acceptors (Lipinski definition) is 3. The molecule has 0 heterocycles. The van der Waals surface area contributed by atoms with Crippen LogP contribution in [-0.4, -0.2) is 11.6 Å². The number of nitrogens with zero attached hydrogens (tertiary/aromatic N) is 1. The minimum Gasteiger partial charge on any atom is -0.267 e. The lowest BCUT2D eigenvalue weighted by molar-refractivity contribution is 0.0954. The molecule has 3 rings (SSSR count). The largest absolute Gasteiger partial charge is 0.271 e. The summed E-state index contributed by atoms with van der Waals surface area (Å²) >= 11 is 7.67. The highest BCUT2D eigenvalue weighted by Gasteiger charge is 2.28. The smallest absolute Gasteiger partial charge is 0.267 e. The molecule has 2 aromatic rings. The second kappa shape index (κ2) is 9.82. The standard InChI is InChI=1S/C24H29ClN2OS/c1-24(2,3)19-8-12-21(13-9-19)26-27-23(28)18-6-4-17(5-7-18)16-29-22-14-10-20(25)11-15-22/h4-7,10-11,14-15,19H,8-9,12-13,16H2,1-3H3,(H,27,28). The summed E-state index contributed by atoms with van der Waals surface area (Å²) in [6.45, 7) is 6.91. The van der Waals surface area contributed by atoms with Crippen LogP contribution in [0.2, 0.25) is 5.02 Å². The molecule has 1 aliphatic carbocycles. The molecule has 1 saturated carbocycles. The molecule has 1 amide bonds. The first-order valence-electron chi connectivity index (χ1n) is 10.1. The molecule has 0 saturated heterocycles. The SMILES string of the molecule is CC(C)(C)C1CCC(=NNC(=O)c2ccc(CSc3ccc(Cl)cc3)cc2)CC1. The van der Waals surface area contributed by atoms with Crippen molar-refractivity contribution in [1.29, 1.82) is 0 Å². The van der Waals surface area contributed by atoms with Gasteiger partial charge in [-0.25, -0.2) is 5.43 Å². The Labute approximate surface area is 183 Å². The minimum absolute atomic E-state index is 0.146. The topological polar surface area (TPSA) is 41.5 Å². The maximum absolute atomic E-state index is 12.4. The molecule has 0 radical (unpaired) electrons. The Morgan fingerprint density at radius 1 is 1.07 bits per heavy atom. The molecule has 0 spiro atoms. The molecule has 1 fully saturated rings. The van der Waals surface area contributed by atoms with Crippen LogP contribution in [0.15, 0.2) is 58.5 Å². The summed E-state index contributed by atoms with van der Waals surface area (Å²) in [6.07, 6.45) is 4.25. The number of rotatable bonds is 5. The molecular formula is C24H29ClN2OS. The fourth-order valence-electron chi connectivity index (χ4n) is 3.57. The van der Waals surface area contributed by atoms with Crippen LogP contribution in [-0.2, 0) is 5.75 Å². The van der Waals surface area contributed by atoms with Crippen LogP contribution in [0.4, 0.5) is 0 Å². The van der Waals surface area contributed by atoms with Crippen molar-refractivity contribution in [3.8, 4) is 0 Å². The summed E-state index contributed by atoms with van der Waals surface area (Å²) in [6, 6.07) is 15.6. The summed E-state index contributed by atoms with van der Waals surface area (Å²) in [5.41, 5.74) is 6.00. The van der Waals surface area contributed by atoms with E-state index in [1.54, 1.807) is 11.8 Å². The van der Waals surface area contributed by atoms with E-state index in [0.29, 0.717) is 11.0 Å². The summed E-state index contributed by atoms with van der Waals surface area (Å²) in [5, 5.41) is 5.13. The monoisotopic (exact) mass is 428 g/mol. The van der Waals surface area contributed by atoms with Crippen molar-refractivity contribution in [2.24, 2.45) is 16.4 Å². The number of benzene rings is 2. The number of hydrogen-bond donors (Lipinski definition) is 1. The van der Waals surface area contributed by atoms with Gasteiger partial charge in [0.25, 0.3) is 5.91 Å². The summed E-state index contributed by atoms with van der Waals surface area (Å²) in [4.78, 5) is 13.6. The van der Waals surface area contributed by atoms with E-state index in [-0.39, 0.29) is 5.91 Å². The van der Waals surface area contributed by atoms with Gasteiger partial charge >= 0.3 is 0 Å². The number of halogens is 1. The fourth-order valence-corrected chi connectivity index (χ4v) is 4.55. The van der Waals surface area contributed by atoms with Gasteiger partial charge in [0.05, 0.1) is 0 Å². The van der Waals surface area contributed by atoms with Crippen molar-refractivity contribution >= 4 is 35.0 Å². The van der Waals surface area contributed by atoms with E-state index in [2.05, 4.69) is 31.3 Å². The van der Waals surface area contributed by atoms with Crippen LogP contribution in [0, 0.1) is 11.3 Å². The zero-order chi connectivity index (χ0) is 20.9. The Balaban J connectivity index is 1.48. The molecule has 0 aliphatic heterocycles. The Morgan fingerprint density at radius 3 is 2.28 bits per heavy atom. The van der Waals surface area contributed by atoms with Gasteiger partial charge in [0.2, 0.25) is 0 Å². The molecule has 5 heteroatoms. The predicted octanol–water partition coefficient (Wildman–Crippen LogP) is 6.95. The average molecular weight is 429 g/mol. The van der Waals surface area contributed by atoms with Crippen molar-refractivity contribution in [2.75, 3.05) is 0 Å². The number of carbonyl (C=O) groups is 1. The zero-order valence-corrected chi connectivity index (χ0v) is 18.9. The quantitative estimate of drug-likeness (QED) is 0.413. The van der Waals surface area contributed by atoms with Crippen LogP contribution >= 0.6 is 23.4 Å². The lowest BCUT2D eigenvalue weighted by atomic mass is 9.72. The molecular weight excluding hydrogens is 400 g/mol. The number of thioether (sulfide) groups is 1. The van der Waals surface area contributed by atoms with Crippen LogP contribution in [0.25, 0.3) is 0 Å². The molecule has 0 unspecified atom stereocenters. The van der Waals surface area contributed by atoms with E-state index in [9.17, 15) is 4.79 Å². The molecule has 154 valence electrons. The Kier molecular flexibility index (Phi) is 7.42. The highest BCUT2D eigenvalue weighted by atomic mass is 35.5. The van der Waals surface area contributed by atoms with E-state index in [4.69, 9.17) is 11.6 Å². The highest BCUT2D eigenvalue weighted by molar-refractivity contribution is 7.98. The second-order valence-corrected chi connectivity index (χ2v) is 10.2. The first-order valence-corrected chi connectivity index (χ1v) is 11.5. The van der Waals surface area contributed by atoms with Gasteiger partial charge in [-0.3, -0.25) is 4.79 Å². The summed E-state index contributed by atoms with van der Waals surface area (Å²) in [7, 11) is 0. The van der Waals surface area contributed by atoms with E-state index in [1.165, 1.54) is 10.5 Å². The number of amides is 1. The Morgan fingerprint density at radius 2 is 1.69 bits per heavy atom. The minimum atomic E-state index is -0.146. The molecule has 1 N–H and O–H groups in total. The van der Waals surface area contributed by atoms with Crippen molar-refractivity contribution in [3.63, 3.8) is 0 Å². The van der Waals surface area contributed by atoms with Crippen LogP contribution in [0.1, 0.15) is 62.4 Å². The first-order chi connectivity index (χ1) is 13.8. The maximum Gasteiger partial charge on any atom is 0.271 e. The van der Waals surface area contributed by atoms with E-state index >= 15 is 0 Å². The molecule has 0 bridgehead atoms. The van der Waals surface area contributed by atoms with Gasteiger partial charge < -0.3 is 0 Å². The van der Waals surface area contributed by atoms with E-state index in [0.717, 1.165) is 48.1 Å². The van der Waals surface area contributed by atoms with Crippen LogP contribution < -0.4 is 5.43 Å². The lowest BCUT2D eigenvalue weighted by Gasteiger charge is -2.34. The van der Waals surface area contributed by atoms with Crippen molar-refractivity contribution in [3.05, 3.63) is 64.7 Å². The third-order valence-corrected chi connectivity index (χ3v) is 6.87. The van der Waals surface area contributed by atoms with Gasteiger partial charge in [-0.05, 0) is 79.0 Å². The summed E-state index contributed by atoms with van der Waals surface area (Å²) in [5.74, 6) is 1.43. The van der Waals surface area contributed by atoms with Gasteiger partial charge in [-0.15, -0.1) is 11.8 Å². The molecule has 2 aromatic carbocycles. The first kappa shape index (κ1) is 21.9. The van der Waals surface area contributed by atoms with Gasteiger partial charge in [0, 0.05) is 26.9 Å². The van der Waals surface area contributed by atoms with Gasteiger partial charge in [-0.1, -0.05) is 44.5 Å². The maximum atomic E-state index is 12.4. The molecule has 29 heavy (non-hydrogen) atoms. The average Bonchev–Trinajstić information content (AvgIpc) is 2.71. The van der Waals surface area contributed by atoms with Gasteiger partial charge in [0.15, 0.2) is 0 Å². The molecule has 1 aliphatic rings. The number of hydrazone groups is 1. The van der Waals surface area contributed by atoms with E-state index < -0.39 is 0 Å². The van der Waals surface area contributed by atoms with Gasteiger partial charge in [-0.2, -0.15) is 5.10 Å². The molecule has 0 aromatic heterocycles. The normalized spacial score (nSPS) is 17.1. The Hall–Kier alpha value is -1.78. The third-order valence-electron chi connectivity index (χ3n) is 5.54. The second-order valence-electron chi connectivity index (χ2n) is 8.70. The lowest BCUT2D eigenvalue weighted by Crippen LogP contribution is -2.27. The molecule has 0 atom stereocenters. The van der Waals surface area contributed by atoms with Crippen LogP contribution in [0.3, 0.4) is 0 Å².